The number of fused-ring (bicyclic) bond motifs is 9. The maximum absolute atomic E-state index is 6.95. The number of benzene rings is 6. The minimum absolute atomic E-state index is 0.246. The normalized spacial score (nSPS) is 28.2. The lowest BCUT2D eigenvalue weighted by molar-refractivity contribution is 0.0956. The van der Waals surface area contributed by atoms with E-state index in [2.05, 4.69) is 267 Å². The molecule has 16 aliphatic rings. The predicted octanol–water partition coefficient (Wildman–Crippen LogP) is 24.4. The SMILES string of the molecule is C1=CC2CC1CC2CN1CCC(n2c([C@@H]3CCCN3)nc3ccccc32)CC1.CC(C1CCCCCCC1)N1CCC(n2c([C@@H]3CCNC3)nc3ccccc32)CC1.CC(c1ccccc1)N1CCC(n2c([C@@H]3CCNC3)nc3ccccc32)CC1.CC1=C(CN2CCC(n3c(C4(N)CCCC4)nc4ccccc43)CC2)C(C)(C)CCC1.c1ccc2c(c1)nc([C@@H]1CCNC1)n2C1CCN(CC2CC3CCC2C3)CC1. The van der Waals surface area contributed by atoms with Crippen molar-refractivity contribution >= 4 is 55.2 Å². The Labute approximate surface area is 867 Å². The fourth-order valence-corrected chi connectivity index (χ4v) is 31.4. The van der Waals surface area contributed by atoms with Gasteiger partial charge < -0.3 is 64.5 Å². The van der Waals surface area contributed by atoms with Crippen LogP contribution in [0.4, 0.5) is 0 Å². The van der Waals surface area contributed by atoms with Crippen LogP contribution in [-0.2, 0) is 5.54 Å². The smallest absolute Gasteiger partial charge is 0.130 e. The van der Waals surface area contributed by atoms with E-state index in [0.29, 0.717) is 65.5 Å². The van der Waals surface area contributed by atoms with Gasteiger partial charge in [-0.05, 0) is 333 Å². The summed E-state index contributed by atoms with van der Waals surface area (Å²) < 4.78 is 13.0. The van der Waals surface area contributed by atoms with E-state index in [9.17, 15) is 0 Å². The molecule has 145 heavy (non-hydrogen) atoms. The van der Waals surface area contributed by atoms with E-state index in [4.69, 9.17) is 30.7 Å². The molecular weight excluding hydrogens is 1780 g/mol. The second-order valence-corrected chi connectivity index (χ2v) is 49.2. The number of rotatable bonds is 20. The quantitative estimate of drug-likeness (QED) is 0.0455. The molecule has 6 N–H and O–H groups in total. The molecule has 5 aromatic heterocycles. The lowest BCUT2D eigenvalue weighted by Crippen LogP contribution is -2.44. The molecule has 12 atom stereocenters. The van der Waals surface area contributed by atoms with Crippen molar-refractivity contribution in [2.24, 2.45) is 52.6 Å². The van der Waals surface area contributed by atoms with Gasteiger partial charge in [-0.25, -0.2) is 24.9 Å². The summed E-state index contributed by atoms with van der Waals surface area (Å²) >= 11 is 0. The highest BCUT2D eigenvalue weighted by Gasteiger charge is 2.45. The highest BCUT2D eigenvalue weighted by atomic mass is 15.3. The van der Waals surface area contributed by atoms with Crippen molar-refractivity contribution in [3.63, 3.8) is 0 Å². The molecule has 4 bridgehead atoms. The third-order valence-electron chi connectivity index (χ3n) is 39.8. The Bertz CT molecular complexity index is 6110. The van der Waals surface area contributed by atoms with Crippen molar-refractivity contribution < 1.29 is 0 Å². The van der Waals surface area contributed by atoms with Crippen LogP contribution in [0.3, 0.4) is 0 Å². The van der Waals surface area contributed by atoms with Gasteiger partial charge in [0.05, 0.1) is 66.7 Å². The Kier molecular flexibility index (Phi) is 31.4. The molecule has 0 amide bonds. The molecule has 6 aromatic carbocycles. The van der Waals surface area contributed by atoms with Crippen molar-refractivity contribution in [2.75, 3.05) is 131 Å². The van der Waals surface area contributed by atoms with Crippen LogP contribution in [0.25, 0.3) is 55.2 Å². The average Bonchev–Trinajstić information content (AvgIpc) is 1.61. The Morgan fingerprint density at radius 2 is 0.821 bits per heavy atom. The Morgan fingerprint density at radius 3 is 1.27 bits per heavy atom. The molecule has 27 rings (SSSR count). The number of nitrogens with two attached hydrogens (primary N) is 1. The lowest BCUT2D eigenvalue weighted by atomic mass is 9.72. The van der Waals surface area contributed by atoms with Crippen LogP contribution in [0.2, 0.25) is 0 Å². The van der Waals surface area contributed by atoms with Gasteiger partial charge in [0.2, 0.25) is 0 Å². The topological polar surface area (TPSA) is 179 Å². The molecule has 9 aliphatic heterocycles. The molecule has 9 saturated heterocycles. The Hall–Kier alpha value is -8.25. The summed E-state index contributed by atoms with van der Waals surface area (Å²) in [5.41, 5.74) is 24.3. The number of piperidine rings is 5. The van der Waals surface area contributed by atoms with E-state index in [1.54, 1.807) is 17.6 Å². The number of hydrogen-bond acceptors (Lipinski definition) is 15. The first-order chi connectivity index (χ1) is 71.2. The summed E-state index contributed by atoms with van der Waals surface area (Å²) in [5.74, 6) is 14.9. The maximum atomic E-state index is 6.95. The zero-order valence-electron chi connectivity index (χ0n) is 89.2. The number of nitrogens with zero attached hydrogens (tertiary/aromatic N) is 15. The molecule has 20 heteroatoms. The molecule has 776 valence electrons. The van der Waals surface area contributed by atoms with Gasteiger partial charge in [0.15, 0.2) is 0 Å². The predicted molar refractivity (Wildman–Crippen MR) is 596 cm³/mol. The Morgan fingerprint density at radius 1 is 0.379 bits per heavy atom. The van der Waals surface area contributed by atoms with E-state index < -0.39 is 0 Å². The summed E-state index contributed by atoms with van der Waals surface area (Å²) in [4.78, 5) is 39.2. The number of likely N-dealkylation sites (tertiary alicyclic amines) is 5. The second-order valence-electron chi connectivity index (χ2n) is 49.2. The summed E-state index contributed by atoms with van der Waals surface area (Å²) in [6, 6.07) is 59.2. The van der Waals surface area contributed by atoms with Crippen LogP contribution in [0.1, 0.15) is 354 Å². The van der Waals surface area contributed by atoms with E-state index in [1.807, 2.05) is 0 Å². The van der Waals surface area contributed by atoms with E-state index in [-0.39, 0.29) is 5.54 Å². The Balaban J connectivity index is 0.000000100. The fourth-order valence-electron chi connectivity index (χ4n) is 31.4. The first-order valence-corrected chi connectivity index (χ1v) is 59.3. The van der Waals surface area contributed by atoms with Gasteiger partial charge in [-0.2, -0.15) is 0 Å². The van der Waals surface area contributed by atoms with Crippen molar-refractivity contribution in [2.45, 2.75) is 331 Å². The van der Waals surface area contributed by atoms with E-state index >= 15 is 0 Å². The lowest BCUT2D eigenvalue weighted by Gasteiger charge is -2.41. The first-order valence-electron chi connectivity index (χ1n) is 59.3. The summed E-state index contributed by atoms with van der Waals surface area (Å²) in [6.07, 6.45) is 51.2. The van der Waals surface area contributed by atoms with Gasteiger partial charge in [0, 0.05) is 165 Å². The van der Waals surface area contributed by atoms with Gasteiger partial charge >= 0.3 is 0 Å². The van der Waals surface area contributed by atoms with E-state index in [0.717, 1.165) is 143 Å². The van der Waals surface area contributed by atoms with Crippen LogP contribution in [-0.4, -0.2) is 209 Å². The minimum atomic E-state index is -0.246. The highest BCUT2D eigenvalue weighted by molar-refractivity contribution is 5.80. The molecule has 8 unspecified atom stereocenters. The average molecular weight is 1960 g/mol. The van der Waals surface area contributed by atoms with Gasteiger partial charge in [0.1, 0.15) is 29.1 Å². The maximum Gasteiger partial charge on any atom is 0.130 e. The summed E-state index contributed by atoms with van der Waals surface area (Å²) in [7, 11) is 0. The standard InChI is InChI=1S/C27H40N4.C26H40N4.C24H32N4.C24H34N4.C24H30N4/c1-20-9-8-14-26(2,3)22(20)19-30-17-12-21(13-18-30)31-24-11-5-4-10-23(24)29-25(31)27(28)15-6-7-16-27;1-20(21-9-5-3-2-4-6-10-21)29-17-14-23(15-18-29)30-25-12-8-7-11-24(25)28-26(30)22-13-16-27-19-22;1-2-6-23-21(4-1)26-24(22-5-3-11-25-22)28(23)20-9-12-27(13-10-20)16-19-15-17-7-8-18(19)14-17;1-2-4-23-22(3-1)26-24(19-7-10-25-15-19)28(23)21-8-11-27(12-9-21)16-20-14-17-5-6-18(20)13-17;1-18(19-7-3-2-4-8-19)27-15-12-21(13-16-27)28-23-10-6-5-9-22(23)26-24(28)20-11-14-25-17-20/h4-5,10-11,21H,6-9,12-19,28H2,1-3H3;7-8,11-12,20-23,27H,2-6,9-10,13-19H2,1H3;1-2,4,6-8,17-20,22,25H,3,5,9-16H2;1-4,17-21,25H,5-16H2;2-10,18,20-21,25H,11-17H2,1H3/t;20?,22-;17?,18?,19?,22-;17?,18?,19-,20?;18?,20-/m.1011/s1. The van der Waals surface area contributed by atoms with Crippen molar-refractivity contribution in [1.82, 2.24) is 93.5 Å². The first kappa shape index (κ1) is 100.0. The molecular formula is C125H176N20. The second kappa shape index (κ2) is 45.5. The highest BCUT2D eigenvalue weighted by Crippen LogP contribution is 2.51. The fraction of sp³-hybridized carbons (Fsp3) is 0.640. The monoisotopic (exact) mass is 1960 g/mol. The molecule has 7 aliphatic carbocycles. The van der Waals surface area contributed by atoms with Crippen LogP contribution in [0.15, 0.2) is 175 Å². The van der Waals surface area contributed by atoms with Gasteiger partial charge in [-0.15, -0.1) is 0 Å². The molecule has 5 saturated carbocycles. The van der Waals surface area contributed by atoms with Crippen LogP contribution in [0, 0.1) is 46.8 Å². The third-order valence-corrected chi connectivity index (χ3v) is 39.8. The number of imidazole rings is 5. The van der Waals surface area contributed by atoms with Crippen LogP contribution in [0.5, 0.6) is 0 Å². The molecule has 11 aromatic rings. The molecule has 14 heterocycles. The largest absolute Gasteiger partial charge is 0.324 e. The number of nitrogens with one attached hydrogen (secondary N) is 4. The van der Waals surface area contributed by atoms with Crippen molar-refractivity contribution in [3.8, 4) is 0 Å². The van der Waals surface area contributed by atoms with Gasteiger partial charge in [-0.3, -0.25) is 9.80 Å². The van der Waals surface area contributed by atoms with Crippen LogP contribution >= 0.6 is 0 Å². The van der Waals surface area contributed by atoms with Crippen molar-refractivity contribution in [3.05, 3.63) is 210 Å². The third kappa shape index (κ3) is 21.9. The van der Waals surface area contributed by atoms with Crippen molar-refractivity contribution in [1.29, 1.82) is 0 Å². The molecule has 0 radical (unpaired) electrons. The summed E-state index contributed by atoms with van der Waals surface area (Å²) in [6.45, 7) is 35.9. The van der Waals surface area contributed by atoms with Gasteiger partial charge in [-0.1, -0.05) is 180 Å². The zero-order chi connectivity index (χ0) is 97.9. The van der Waals surface area contributed by atoms with Gasteiger partial charge in [0.25, 0.3) is 0 Å². The zero-order valence-corrected chi connectivity index (χ0v) is 89.2. The molecule has 20 nitrogen and oxygen atoms in total. The van der Waals surface area contributed by atoms with E-state index in [1.165, 1.54) is 344 Å². The van der Waals surface area contributed by atoms with Crippen LogP contribution < -0.4 is 27.0 Å². The number of aromatic nitrogens is 10. The minimum Gasteiger partial charge on any atom is -0.324 e. The summed E-state index contributed by atoms with van der Waals surface area (Å²) in [5, 5.41) is 14.3. The molecule has 14 fully saturated rings. The number of allylic oxidation sites excluding steroid dienone is 3. The number of hydrogen-bond donors (Lipinski definition) is 5. The number of para-hydroxylation sites is 10. The molecule has 0 spiro atoms.